The molecule has 0 heterocycles. The third-order valence-electron chi connectivity index (χ3n) is 5.49. The van der Waals surface area contributed by atoms with E-state index in [0.717, 1.165) is 0 Å². The molecular weight excluding hydrogens is 531 g/mol. The Hall–Kier alpha value is -2.38. The average molecular weight is 580 g/mol. The summed E-state index contributed by atoms with van der Waals surface area (Å²) in [5.74, 6) is -0.138. The second-order valence-corrected chi connectivity index (χ2v) is 11.4. The fraction of sp³-hybridized carbons (Fsp3) is 0.833. The van der Waals surface area contributed by atoms with Crippen molar-refractivity contribution in [2.24, 2.45) is 31.9 Å². The van der Waals surface area contributed by atoms with Crippen LogP contribution in [0.2, 0.25) is 0 Å². The molecule has 14 heteroatoms. The lowest BCUT2D eigenvalue weighted by Gasteiger charge is -2.31. The minimum absolute atomic E-state index is 0. The molecule has 0 aromatic heterocycles. The molecule has 0 aromatic rings. The molecular formula is C24H48Cl2N10O2. The maximum absolute atomic E-state index is 9.43. The van der Waals surface area contributed by atoms with E-state index in [-0.39, 0.29) is 36.5 Å². The van der Waals surface area contributed by atoms with Gasteiger partial charge in [0.05, 0.1) is 23.3 Å². The van der Waals surface area contributed by atoms with Gasteiger partial charge in [-0.3, -0.25) is 10.8 Å². The number of rotatable bonds is 12. The minimum Gasteiger partial charge on any atom is -0.386 e. The molecule has 0 aromatic carbocycles. The molecule has 0 saturated heterocycles. The molecule has 6 N–H and O–H groups in total. The van der Waals surface area contributed by atoms with Crippen LogP contribution in [0, 0.1) is 33.5 Å². The number of methoxy groups -OCH3 is 2. The summed E-state index contributed by atoms with van der Waals surface area (Å²) in [5, 5.41) is 49.5. The summed E-state index contributed by atoms with van der Waals surface area (Å²) in [5.41, 5.74) is 5.86. The molecule has 12 nitrogen and oxygen atoms in total. The summed E-state index contributed by atoms with van der Waals surface area (Å²) in [6.45, 7) is 17.6. The molecule has 0 bridgehead atoms. The molecule has 0 radical (unpaired) electrons. The molecule has 2 unspecified atom stereocenters. The lowest BCUT2D eigenvalue weighted by Crippen LogP contribution is -2.38. The van der Waals surface area contributed by atoms with Crippen LogP contribution >= 0.6 is 24.8 Å². The van der Waals surface area contributed by atoms with Gasteiger partial charge in [-0.1, -0.05) is 0 Å². The number of nitrogens with zero attached hydrogens (tertiary/aromatic N) is 6. The van der Waals surface area contributed by atoms with Gasteiger partial charge in [0, 0.05) is 27.1 Å². The van der Waals surface area contributed by atoms with Crippen molar-refractivity contribution in [3.63, 3.8) is 0 Å². The van der Waals surface area contributed by atoms with Crippen molar-refractivity contribution >= 4 is 36.5 Å². The van der Waals surface area contributed by atoms with Crippen LogP contribution in [0.5, 0.6) is 0 Å². The first-order valence-corrected chi connectivity index (χ1v) is 11.5. The molecule has 0 fully saturated rings. The van der Waals surface area contributed by atoms with Crippen LogP contribution < -0.4 is 11.5 Å². The van der Waals surface area contributed by atoms with Crippen LogP contribution in [0.3, 0.4) is 0 Å². The molecule has 0 spiro atoms. The predicted octanol–water partition coefficient (Wildman–Crippen LogP) is 5.34. The zero-order valence-corrected chi connectivity index (χ0v) is 26.5. The zero-order chi connectivity index (χ0) is 29.2. The monoisotopic (exact) mass is 578 g/mol. The van der Waals surface area contributed by atoms with Crippen LogP contribution in [0.4, 0.5) is 0 Å². The molecule has 0 saturated carbocycles. The summed E-state index contributed by atoms with van der Waals surface area (Å²) < 4.78 is 10.7. The second-order valence-electron chi connectivity index (χ2n) is 11.4. The maximum Gasteiger partial charge on any atom is 0.167 e. The summed E-state index contributed by atoms with van der Waals surface area (Å²) >= 11 is 0. The number of azo groups is 2. The summed E-state index contributed by atoms with van der Waals surface area (Å²) in [6.07, 6.45) is 0.761. The van der Waals surface area contributed by atoms with Crippen molar-refractivity contribution in [1.82, 2.24) is 0 Å². The highest BCUT2D eigenvalue weighted by Gasteiger charge is 2.37. The van der Waals surface area contributed by atoms with Gasteiger partial charge in [0.15, 0.2) is 11.1 Å². The number of ether oxygens (including phenoxy) is 2. The van der Waals surface area contributed by atoms with E-state index in [0.29, 0.717) is 12.8 Å². The number of amidine groups is 2. The highest BCUT2D eigenvalue weighted by Crippen LogP contribution is 2.30. The van der Waals surface area contributed by atoms with Crippen molar-refractivity contribution in [2.75, 3.05) is 14.2 Å². The Balaban J connectivity index is -0.000000315. The van der Waals surface area contributed by atoms with Crippen molar-refractivity contribution in [3.05, 3.63) is 0 Å². The van der Waals surface area contributed by atoms with E-state index in [4.69, 9.17) is 31.8 Å². The van der Waals surface area contributed by atoms with Gasteiger partial charge >= 0.3 is 0 Å². The Morgan fingerprint density at radius 2 is 0.868 bits per heavy atom. The molecule has 220 valence electrons. The first-order valence-electron chi connectivity index (χ1n) is 11.5. The smallest absolute Gasteiger partial charge is 0.167 e. The number of halogens is 2. The standard InChI is InChI=1S/C16H28N4O2.C8H18N6.2ClH/c1-13(2,21-7)9-15(5,11-17)19-20-16(6,12-18)10-14(3,4)22-8;1-7(2,5(9)10)13-14-8(3,4)6(11)12;;/h9-10H2,1-8H3;1-4H3,(H3,9,10)(H3,11,12);2*1H. The number of hydrogen-bond acceptors (Lipinski definition) is 10. The normalized spacial score (nSPS) is 15.4. The third kappa shape index (κ3) is 15.8. The van der Waals surface area contributed by atoms with E-state index in [9.17, 15) is 10.5 Å². The average Bonchev–Trinajstić information content (AvgIpc) is 2.76. The van der Waals surface area contributed by atoms with E-state index >= 15 is 0 Å². The Labute approximate surface area is 240 Å². The van der Waals surface area contributed by atoms with E-state index < -0.39 is 33.4 Å². The lowest BCUT2D eigenvalue weighted by molar-refractivity contribution is 0.000704. The highest BCUT2D eigenvalue weighted by molar-refractivity contribution is 5.87. The summed E-state index contributed by atoms with van der Waals surface area (Å²) in [7, 11) is 3.19. The summed E-state index contributed by atoms with van der Waals surface area (Å²) in [6, 6.07) is 4.32. The van der Waals surface area contributed by atoms with Gasteiger partial charge in [-0.05, 0) is 69.2 Å². The number of nitrogens with one attached hydrogen (secondary N) is 2. The van der Waals surface area contributed by atoms with Crippen molar-refractivity contribution in [3.8, 4) is 12.1 Å². The Morgan fingerprint density at radius 1 is 0.632 bits per heavy atom. The van der Waals surface area contributed by atoms with Gasteiger partial charge in [-0.2, -0.15) is 31.0 Å². The first kappa shape index (κ1) is 42.7. The molecule has 38 heavy (non-hydrogen) atoms. The van der Waals surface area contributed by atoms with Crippen LogP contribution in [0.15, 0.2) is 20.5 Å². The van der Waals surface area contributed by atoms with Gasteiger partial charge in [0.25, 0.3) is 0 Å². The summed E-state index contributed by atoms with van der Waals surface area (Å²) in [4.78, 5) is 0. The van der Waals surface area contributed by atoms with Crippen molar-refractivity contribution < 1.29 is 9.47 Å². The Morgan fingerprint density at radius 3 is 1.03 bits per heavy atom. The van der Waals surface area contributed by atoms with Crippen LogP contribution in [0.1, 0.15) is 82.1 Å². The van der Waals surface area contributed by atoms with Crippen LogP contribution in [-0.2, 0) is 9.47 Å². The van der Waals surface area contributed by atoms with Crippen LogP contribution in [0.25, 0.3) is 0 Å². The minimum atomic E-state index is -1.05. The number of nitrogens with two attached hydrogens (primary N) is 2. The van der Waals surface area contributed by atoms with Gasteiger partial charge in [-0.15, -0.1) is 24.8 Å². The molecule has 0 aliphatic rings. The Bertz CT molecular complexity index is 848. The predicted molar refractivity (Wildman–Crippen MR) is 156 cm³/mol. The fourth-order valence-corrected chi connectivity index (χ4v) is 2.58. The van der Waals surface area contributed by atoms with Gasteiger partial charge in [-0.25, -0.2) is 0 Å². The largest absolute Gasteiger partial charge is 0.386 e. The second kappa shape index (κ2) is 15.9. The van der Waals surface area contributed by atoms with Gasteiger partial charge in [0.1, 0.15) is 22.7 Å². The fourth-order valence-electron chi connectivity index (χ4n) is 2.58. The number of hydrogen-bond donors (Lipinski definition) is 4. The molecule has 2 atom stereocenters. The van der Waals surface area contributed by atoms with Crippen LogP contribution in [-0.4, -0.2) is 59.2 Å². The maximum atomic E-state index is 9.43. The molecule has 0 amide bonds. The van der Waals surface area contributed by atoms with E-state index in [1.807, 2.05) is 27.7 Å². The molecule has 0 aliphatic heterocycles. The Kier molecular flexibility index (Phi) is 17.9. The third-order valence-corrected chi connectivity index (χ3v) is 5.49. The zero-order valence-electron chi connectivity index (χ0n) is 24.9. The quantitative estimate of drug-likeness (QED) is 0.136. The van der Waals surface area contributed by atoms with Crippen molar-refractivity contribution in [2.45, 2.75) is 115 Å². The topological polar surface area (TPSA) is 215 Å². The van der Waals surface area contributed by atoms with Gasteiger partial charge < -0.3 is 20.9 Å². The highest BCUT2D eigenvalue weighted by atomic mass is 35.5. The van der Waals surface area contributed by atoms with E-state index in [1.165, 1.54) is 0 Å². The van der Waals surface area contributed by atoms with E-state index in [1.54, 1.807) is 55.8 Å². The van der Waals surface area contributed by atoms with E-state index in [2.05, 4.69) is 32.6 Å². The SMILES string of the molecule is CC(C)(N=NC(C)(C)C(=N)N)C(=N)N.COC(C)(C)CC(C)(C#N)N=NC(C)(C#N)CC(C)(C)OC.Cl.Cl. The lowest BCUT2D eigenvalue weighted by atomic mass is 9.88. The van der Waals surface area contributed by atoms with Crippen molar-refractivity contribution in [1.29, 1.82) is 21.3 Å². The van der Waals surface area contributed by atoms with Gasteiger partial charge in [0.2, 0.25) is 0 Å². The first-order chi connectivity index (χ1) is 16.0. The number of nitriles is 2. The molecule has 0 aliphatic carbocycles. The molecule has 0 rings (SSSR count).